The fourth-order valence-corrected chi connectivity index (χ4v) is 2.23. The summed E-state index contributed by atoms with van der Waals surface area (Å²) >= 11 is 0. The maximum absolute atomic E-state index is 3.57. The Balaban J connectivity index is 1.47. The van der Waals surface area contributed by atoms with Crippen LogP contribution in [0.4, 0.5) is 5.69 Å². The van der Waals surface area contributed by atoms with E-state index < -0.39 is 0 Å². The number of benzene rings is 1. The molecule has 0 atom stereocenters. The van der Waals surface area contributed by atoms with Crippen LogP contribution in [-0.4, -0.2) is 26.2 Å². The van der Waals surface area contributed by atoms with E-state index in [1.54, 1.807) is 0 Å². The molecule has 1 fully saturated rings. The average Bonchev–Trinajstić information content (AvgIpc) is 3.22. The lowest BCUT2D eigenvalue weighted by atomic mass is 10.2. The second-order valence-corrected chi connectivity index (χ2v) is 5.40. The standard InChI is InChI=1S/C16H26N2/c1-18(16-9-5-4-6-10-16)14-8-3-2-7-13-17-15-11-12-15/h4-6,9-10,15,17H,2-3,7-8,11-14H2,1H3. The first kappa shape index (κ1) is 13.4. The molecule has 1 aliphatic rings. The lowest BCUT2D eigenvalue weighted by Crippen LogP contribution is -2.19. The summed E-state index contributed by atoms with van der Waals surface area (Å²) in [6, 6.07) is 11.5. The third-order valence-corrected chi connectivity index (χ3v) is 3.63. The quantitative estimate of drug-likeness (QED) is 0.672. The molecule has 2 rings (SSSR count). The van der Waals surface area contributed by atoms with Crippen molar-refractivity contribution in [2.75, 3.05) is 25.0 Å². The number of hydrogen-bond acceptors (Lipinski definition) is 2. The Morgan fingerprint density at radius 1 is 1.06 bits per heavy atom. The maximum atomic E-state index is 3.57. The second kappa shape index (κ2) is 7.42. The zero-order chi connectivity index (χ0) is 12.6. The summed E-state index contributed by atoms with van der Waals surface area (Å²) in [5, 5.41) is 3.57. The molecule has 2 heteroatoms. The Hall–Kier alpha value is -1.02. The van der Waals surface area contributed by atoms with Crippen molar-refractivity contribution >= 4 is 5.69 Å². The normalized spacial score (nSPS) is 14.7. The number of nitrogens with one attached hydrogen (secondary N) is 1. The zero-order valence-electron chi connectivity index (χ0n) is 11.6. The van der Waals surface area contributed by atoms with Gasteiger partial charge in [-0.05, 0) is 44.4 Å². The monoisotopic (exact) mass is 246 g/mol. The van der Waals surface area contributed by atoms with Crippen LogP contribution in [0, 0.1) is 0 Å². The highest BCUT2D eigenvalue weighted by atomic mass is 15.1. The molecule has 0 radical (unpaired) electrons. The van der Waals surface area contributed by atoms with Gasteiger partial charge in [0.2, 0.25) is 0 Å². The summed E-state index contributed by atoms with van der Waals surface area (Å²) in [6.07, 6.45) is 8.16. The van der Waals surface area contributed by atoms with Gasteiger partial charge in [-0.15, -0.1) is 0 Å². The molecule has 0 unspecified atom stereocenters. The van der Waals surface area contributed by atoms with Crippen LogP contribution in [0.25, 0.3) is 0 Å². The molecule has 0 saturated heterocycles. The number of anilines is 1. The van der Waals surface area contributed by atoms with Gasteiger partial charge in [0.15, 0.2) is 0 Å². The number of nitrogens with zero attached hydrogens (tertiary/aromatic N) is 1. The number of hydrogen-bond donors (Lipinski definition) is 1. The molecule has 1 aromatic rings. The van der Waals surface area contributed by atoms with Gasteiger partial charge in [0.25, 0.3) is 0 Å². The van der Waals surface area contributed by atoms with E-state index in [4.69, 9.17) is 0 Å². The van der Waals surface area contributed by atoms with Crippen molar-refractivity contribution in [2.45, 2.75) is 44.6 Å². The summed E-state index contributed by atoms with van der Waals surface area (Å²) in [5.41, 5.74) is 1.33. The molecule has 18 heavy (non-hydrogen) atoms. The van der Waals surface area contributed by atoms with Crippen LogP contribution in [0.5, 0.6) is 0 Å². The first-order valence-electron chi connectivity index (χ1n) is 7.36. The van der Waals surface area contributed by atoms with Gasteiger partial charge in [0.1, 0.15) is 0 Å². The molecular weight excluding hydrogens is 220 g/mol. The Morgan fingerprint density at radius 3 is 2.50 bits per heavy atom. The van der Waals surface area contributed by atoms with E-state index in [9.17, 15) is 0 Å². The minimum Gasteiger partial charge on any atom is -0.375 e. The predicted octanol–water partition coefficient (Wildman–Crippen LogP) is 3.44. The van der Waals surface area contributed by atoms with E-state index >= 15 is 0 Å². The van der Waals surface area contributed by atoms with Crippen molar-refractivity contribution in [3.05, 3.63) is 30.3 Å². The Labute approximate surface area is 111 Å². The van der Waals surface area contributed by atoms with Gasteiger partial charge in [-0.25, -0.2) is 0 Å². The molecule has 0 bridgehead atoms. The molecule has 100 valence electrons. The van der Waals surface area contributed by atoms with Crippen LogP contribution in [0.1, 0.15) is 38.5 Å². The van der Waals surface area contributed by atoms with Crippen LogP contribution in [0.3, 0.4) is 0 Å². The summed E-state index contributed by atoms with van der Waals surface area (Å²) in [6.45, 7) is 2.39. The SMILES string of the molecule is CN(CCCCCCNC1CC1)c1ccccc1. The topological polar surface area (TPSA) is 15.3 Å². The molecule has 0 aromatic heterocycles. The molecule has 1 N–H and O–H groups in total. The van der Waals surface area contributed by atoms with E-state index in [1.807, 2.05) is 0 Å². The average molecular weight is 246 g/mol. The van der Waals surface area contributed by atoms with Gasteiger partial charge in [-0.3, -0.25) is 0 Å². The van der Waals surface area contributed by atoms with E-state index in [1.165, 1.54) is 57.3 Å². The summed E-state index contributed by atoms with van der Waals surface area (Å²) in [4.78, 5) is 2.35. The third-order valence-electron chi connectivity index (χ3n) is 3.63. The van der Waals surface area contributed by atoms with Crippen molar-refractivity contribution in [1.29, 1.82) is 0 Å². The fourth-order valence-electron chi connectivity index (χ4n) is 2.23. The van der Waals surface area contributed by atoms with Gasteiger partial charge in [-0.1, -0.05) is 31.0 Å². The highest BCUT2D eigenvalue weighted by Gasteiger charge is 2.19. The van der Waals surface area contributed by atoms with Crippen LogP contribution in [-0.2, 0) is 0 Å². The Bertz CT molecular complexity index is 319. The predicted molar refractivity (Wildman–Crippen MR) is 79.2 cm³/mol. The number of unbranched alkanes of at least 4 members (excludes halogenated alkanes) is 3. The van der Waals surface area contributed by atoms with Crippen molar-refractivity contribution in [3.8, 4) is 0 Å². The molecule has 0 aliphatic heterocycles. The highest BCUT2D eigenvalue weighted by molar-refractivity contribution is 5.44. The first-order chi connectivity index (χ1) is 8.86. The van der Waals surface area contributed by atoms with Crippen LogP contribution < -0.4 is 10.2 Å². The van der Waals surface area contributed by atoms with E-state index in [-0.39, 0.29) is 0 Å². The van der Waals surface area contributed by atoms with Gasteiger partial charge < -0.3 is 10.2 Å². The largest absolute Gasteiger partial charge is 0.375 e. The third kappa shape index (κ3) is 5.09. The maximum Gasteiger partial charge on any atom is 0.0363 e. The van der Waals surface area contributed by atoms with Crippen molar-refractivity contribution in [1.82, 2.24) is 5.32 Å². The number of rotatable bonds is 9. The fraction of sp³-hybridized carbons (Fsp3) is 0.625. The van der Waals surface area contributed by atoms with Gasteiger partial charge in [0, 0.05) is 25.3 Å². The molecule has 0 amide bonds. The van der Waals surface area contributed by atoms with Crippen molar-refractivity contribution < 1.29 is 0 Å². The van der Waals surface area contributed by atoms with Crippen molar-refractivity contribution in [2.24, 2.45) is 0 Å². The molecule has 0 spiro atoms. The molecule has 0 heterocycles. The minimum atomic E-state index is 0.870. The first-order valence-corrected chi connectivity index (χ1v) is 7.36. The van der Waals surface area contributed by atoms with E-state index in [0.717, 1.165) is 6.04 Å². The van der Waals surface area contributed by atoms with Crippen LogP contribution in [0.2, 0.25) is 0 Å². The summed E-state index contributed by atoms with van der Waals surface area (Å²) in [7, 11) is 2.18. The Morgan fingerprint density at radius 2 is 1.78 bits per heavy atom. The second-order valence-electron chi connectivity index (χ2n) is 5.40. The molecule has 1 aromatic carbocycles. The molecule has 2 nitrogen and oxygen atoms in total. The van der Waals surface area contributed by atoms with E-state index in [2.05, 4.69) is 47.6 Å². The lowest BCUT2D eigenvalue weighted by Gasteiger charge is -2.18. The van der Waals surface area contributed by atoms with Crippen LogP contribution >= 0.6 is 0 Å². The Kier molecular flexibility index (Phi) is 5.53. The lowest BCUT2D eigenvalue weighted by molar-refractivity contribution is 0.585. The van der Waals surface area contributed by atoms with E-state index in [0.29, 0.717) is 0 Å². The molecular formula is C16H26N2. The van der Waals surface area contributed by atoms with Crippen LogP contribution in [0.15, 0.2) is 30.3 Å². The smallest absolute Gasteiger partial charge is 0.0363 e. The zero-order valence-corrected chi connectivity index (χ0v) is 11.6. The van der Waals surface area contributed by atoms with Gasteiger partial charge in [0.05, 0.1) is 0 Å². The minimum absolute atomic E-state index is 0.870. The molecule has 1 saturated carbocycles. The molecule has 1 aliphatic carbocycles. The van der Waals surface area contributed by atoms with Gasteiger partial charge in [-0.2, -0.15) is 0 Å². The number of para-hydroxylation sites is 1. The highest BCUT2D eigenvalue weighted by Crippen LogP contribution is 2.18. The summed E-state index contributed by atoms with van der Waals surface area (Å²) in [5.74, 6) is 0. The van der Waals surface area contributed by atoms with Gasteiger partial charge >= 0.3 is 0 Å². The summed E-state index contributed by atoms with van der Waals surface area (Å²) < 4.78 is 0. The van der Waals surface area contributed by atoms with Crippen molar-refractivity contribution in [3.63, 3.8) is 0 Å².